The summed E-state index contributed by atoms with van der Waals surface area (Å²) >= 11 is 6.18. The molecule has 1 atom stereocenters. The van der Waals surface area contributed by atoms with Crippen molar-refractivity contribution in [2.24, 2.45) is 0 Å². The van der Waals surface area contributed by atoms with E-state index in [0.29, 0.717) is 6.04 Å². The summed E-state index contributed by atoms with van der Waals surface area (Å²) in [6, 6.07) is 13.2. The number of likely N-dealkylation sites (N-methyl/N-ethyl adjacent to an activating group) is 1. The lowest BCUT2D eigenvalue weighted by Gasteiger charge is -2.21. The minimum atomic E-state index is 0.302. The normalized spacial score (nSPS) is 12.4. The van der Waals surface area contributed by atoms with Crippen LogP contribution in [0.15, 0.2) is 36.4 Å². The summed E-state index contributed by atoms with van der Waals surface area (Å²) in [5.74, 6) is 0. The monoisotopic (exact) mass is 301 g/mol. The van der Waals surface area contributed by atoms with Gasteiger partial charge in [-0.15, -0.1) is 0 Å². The van der Waals surface area contributed by atoms with Crippen molar-refractivity contribution >= 4 is 11.6 Å². The molecule has 0 saturated carbocycles. The van der Waals surface area contributed by atoms with E-state index in [0.717, 1.165) is 18.0 Å². The molecule has 0 spiro atoms. The van der Waals surface area contributed by atoms with Gasteiger partial charge in [0.25, 0.3) is 0 Å². The van der Waals surface area contributed by atoms with E-state index in [-0.39, 0.29) is 0 Å². The van der Waals surface area contributed by atoms with Crippen molar-refractivity contribution in [3.05, 3.63) is 69.2 Å². The predicted octanol–water partition coefficient (Wildman–Crippen LogP) is 5.16. The van der Waals surface area contributed by atoms with Crippen LogP contribution in [0.2, 0.25) is 5.02 Å². The molecule has 2 rings (SSSR count). The summed E-state index contributed by atoms with van der Waals surface area (Å²) < 4.78 is 0. The molecule has 0 saturated heterocycles. The Kier molecular flexibility index (Phi) is 5.44. The van der Waals surface area contributed by atoms with Crippen LogP contribution in [0.3, 0.4) is 0 Å². The lowest BCUT2D eigenvalue weighted by molar-refractivity contribution is 0.547. The molecule has 2 aromatic rings. The number of hydrogen-bond acceptors (Lipinski definition) is 1. The van der Waals surface area contributed by atoms with Crippen LogP contribution in [0, 0.1) is 20.8 Å². The average Bonchev–Trinajstić information content (AvgIpc) is 2.45. The van der Waals surface area contributed by atoms with Crippen LogP contribution in [0.4, 0.5) is 0 Å². The first kappa shape index (κ1) is 16.1. The van der Waals surface area contributed by atoms with E-state index >= 15 is 0 Å². The highest BCUT2D eigenvalue weighted by atomic mass is 35.5. The molecular formula is C19H24ClN. The minimum Gasteiger partial charge on any atom is -0.310 e. The highest BCUT2D eigenvalue weighted by Gasteiger charge is 2.14. The quantitative estimate of drug-likeness (QED) is 0.804. The molecule has 0 heterocycles. The maximum absolute atomic E-state index is 6.18. The Hall–Kier alpha value is -1.31. The standard InChI is InChI=1S/C19H24ClN/c1-5-21-19(18-12-17(20)9-7-14(18)3)11-16-8-6-13(2)15(4)10-16/h6-10,12,19,21H,5,11H2,1-4H3. The maximum Gasteiger partial charge on any atom is 0.0409 e. The summed E-state index contributed by atoms with van der Waals surface area (Å²) in [6.45, 7) is 9.57. The smallest absolute Gasteiger partial charge is 0.0409 e. The van der Waals surface area contributed by atoms with E-state index in [1.165, 1.54) is 27.8 Å². The van der Waals surface area contributed by atoms with Gasteiger partial charge >= 0.3 is 0 Å². The van der Waals surface area contributed by atoms with Gasteiger partial charge in [0.15, 0.2) is 0 Å². The van der Waals surface area contributed by atoms with Crippen molar-refractivity contribution < 1.29 is 0 Å². The Labute approximate surface area is 133 Å². The zero-order valence-corrected chi connectivity index (χ0v) is 14.1. The van der Waals surface area contributed by atoms with E-state index in [4.69, 9.17) is 11.6 Å². The Morgan fingerprint density at radius 3 is 2.33 bits per heavy atom. The summed E-state index contributed by atoms with van der Waals surface area (Å²) in [4.78, 5) is 0. The molecule has 1 nitrogen and oxygen atoms in total. The molecule has 0 aliphatic rings. The van der Waals surface area contributed by atoms with Gasteiger partial charge in [0.05, 0.1) is 0 Å². The van der Waals surface area contributed by atoms with Crippen LogP contribution in [0.1, 0.15) is 40.8 Å². The third-order valence-corrected chi connectivity index (χ3v) is 4.31. The van der Waals surface area contributed by atoms with Gasteiger partial charge in [-0.25, -0.2) is 0 Å². The second-order valence-corrected chi connectivity index (χ2v) is 6.17. The molecule has 0 fully saturated rings. The largest absolute Gasteiger partial charge is 0.310 e. The van der Waals surface area contributed by atoms with E-state index in [9.17, 15) is 0 Å². The second kappa shape index (κ2) is 7.11. The van der Waals surface area contributed by atoms with Crippen molar-refractivity contribution in [3.8, 4) is 0 Å². The maximum atomic E-state index is 6.18. The van der Waals surface area contributed by atoms with Crippen LogP contribution in [-0.2, 0) is 6.42 Å². The van der Waals surface area contributed by atoms with Crippen molar-refractivity contribution in [2.75, 3.05) is 6.54 Å². The number of halogens is 1. The van der Waals surface area contributed by atoms with Crippen LogP contribution < -0.4 is 5.32 Å². The van der Waals surface area contributed by atoms with E-state index < -0.39 is 0 Å². The molecule has 0 aromatic heterocycles. The third kappa shape index (κ3) is 4.09. The van der Waals surface area contributed by atoms with E-state index in [1.807, 2.05) is 6.07 Å². The van der Waals surface area contributed by atoms with Crippen LogP contribution >= 0.6 is 11.6 Å². The van der Waals surface area contributed by atoms with Crippen molar-refractivity contribution in [3.63, 3.8) is 0 Å². The first-order valence-electron chi connectivity index (χ1n) is 7.56. The van der Waals surface area contributed by atoms with Crippen molar-refractivity contribution in [1.82, 2.24) is 5.32 Å². The van der Waals surface area contributed by atoms with Gasteiger partial charge in [-0.1, -0.05) is 42.8 Å². The highest BCUT2D eigenvalue weighted by Crippen LogP contribution is 2.25. The Morgan fingerprint density at radius 2 is 1.67 bits per heavy atom. The zero-order chi connectivity index (χ0) is 15.4. The first-order valence-corrected chi connectivity index (χ1v) is 7.94. The van der Waals surface area contributed by atoms with Gasteiger partial charge in [0.1, 0.15) is 0 Å². The second-order valence-electron chi connectivity index (χ2n) is 5.73. The Balaban J connectivity index is 2.30. The predicted molar refractivity (Wildman–Crippen MR) is 92.2 cm³/mol. The number of benzene rings is 2. The van der Waals surface area contributed by atoms with Crippen molar-refractivity contribution in [1.29, 1.82) is 0 Å². The molecule has 2 heteroatoms. The SMILES string of the molecule is CCNC(Cc1ccc(C)c(C)c1)c1cc(Cl)ccc1C. The first-order chi connectivity index (χ1) is 10.0. The van der Waals surface area contributed by atoms with E-state index in [2.05, 4.69) is 63.3 Å². The molecular weight excluding hydrogens is 278 g/mol. The van der Waals surface area contributed by atoms with Gasteiger partial charge < -0.3 is 5.32 Å². The minimum absolute atomic E-state index is 0.302. The van der Waals surface area contributed by atoms with Gasteiger partial charge in [0.2, 0.25) is 0 Å². The Bertz CT molecular complexity index is 619. The molecule has 0 aliphatic carbocycles. The highest BCUT2D eigenvalue weighted by molar-refractivity contribution is 6.30. The summed E-state index contributed by atoms with van der Waals surface area (Å²) in [6.07, 6.45) is 0.982. The van der Waals surface area contributed by atoms with E-state index in [1.54, 1.807) is 0 Å². The number of nitrogens with one attached hydrogen (secondary N) is 1. The van der Waals surface area contributed by atoms with Gasteiger partial charge in [0, 0.05) is 11.1 Å². The fourth-order valence-electron chi connectivity index (χ4n) is 2.69. The molecule has 0 aliphatic heterocycles. The third-order valence-electron chi connectivity index (χ3n) is 4.08. The molecule has 1 unspecified atom stereocenters. The summed E-state index contributed by atoms with van der Waals surface area (Å²) in [7, 11) is 0. The molecule has 112 valence electrons. The van der Waals surface area contributed by atoms with Crippen LogP contribution in [-0.4, -0.2) is 6.54 Å². The topological polar surface area (TPSA) is 12.0 Å². The fourth-order valence-corrected chi connectivity index (χ4v) is 2.87. The molecule has 0 radical (unpaired) electrons. The van der Waals surface area contributed by atoms with Crippen LogP contribution in [0.5, 0.6) is 0 Å². The average molecular weight is 302 g/mol. The molecule has 21 heavy (non-hydrogen) atoms. The molecule has 1 N–H and O–H groups in total. The Morgan fingerprint density at radius 1 is 0.952 bits per heavy atom. The molecule has 0 bridgehead atoms. The number of rotatable bonds is 5. The summed E-state index contributed by atoms with van der Waals surface area (Å²) in [5.41, 5.74) is 6.64. The number of hydrogen-bond donors (Lipinski definition) is 1. The van der Waals surface area contributed by atoms with Gasteiger partial charge in [-0.2, -0.15) is 0 Å². The summed E-state index contributed by atoms with van der Waals surface area (Å²) in [5, 5.41) is 4.40. The van der Waals surface area contributed by atoms with Gasteiger partial charge in [-0.3, -0.25) is 0 Å². The van der Waals surface area contributed by atoms with Crippen LogP contribution in [0.25, 0.3) is 0 Å². The molecule has 0 amide bonds. The molecule has 2 aromatic carbocycles. The lowest BCUT2D eigenvalue weighted by Crippen LogP contribution is -2.23. The zero-order valence-electron chi connectivity index (χ0n) is 13.3. The fraction of sp³-hybridized carbons (Fsp3) is 0.368. The van der Waals surface area contributed by atoms with Crippen molar-refractivity contribution in [2.45, 2.75) is 40.2 Å². The lowest BCUT2D eigenvalue weighted by atomic mass is 9.94. The van der Waals surface area contributed by atoms with Gasteiger partial charge in [-0.05, 0) is 73.7 Å². The number of aryl methyl sites for hydroxylation is 3.